The third-order valence-corrected chi connectivity index (χ3v) is 3.82. The zero-order valence-electron chi connectivity index (χ0n) is 11.4. The average molecular weight is 307 g/mol. The zero-order valence-corrected chi connectivity index (χ0v) is 12.1. The summed E-state index contributed by atoms with van der Waals surface area (Å²) in [6, 6.07) is 9.88. The Bertz CT molecular complexity index is 665. The van der Waals surface area contributed by atoms with Crippen LogP contribution >= 0.6 is 11.6 Å². The van der Waals surface area contributed by atoms with Gasteiger partial charge in [-0.3, -0.25) is 0 Å². The maximum atomic E-state index is 6.37. The van der Waals surface area contributed by atoms with Crippen molar-refractivity contribution in [2.75, 3.05) is 26.4 Å². The van der Waals surface area contributed by atoms with E-state index in [0.717, 1.165) is 24.0 Å². The Morgan fingerprint density at radius 2 is 1.62 bits per heavy atom. The summed E-state index contributed by atoms with van der Waals surface area (Å²) in [7, 11) is 0. The van der Waals surface area contributed by atoms with Gasteiger partial charge in [-0.25, -0.2) is 0 Å². The molecule has 4 nitrogen and oxygen atoms in total. The van der Waals surface area contributed by atoms with Crippen LogP contribution in [0.4, 0.5) is 0 Å². The third-order valence-electron chi connectivity index (χ3n) is 3.54. The molecule has 0 spiro atoms. The highest BCUT2D eigenvalue weighted by molar-refractivity contribution is 6.33. The van der Waals surface area contributed by atoms with E-state index < -0.39 is 0 Å². The van der Waals surface area contributed by atoms with Gasteiger partial charge >= 0.3 is 0 Å². The fourth-order valence-corrected chi connectivity index (χ4v) is 2.48. The van der Waals surface area contributed by atoms with Crippen LogP contribution < -0.4 is 9.47 Å². The van der Waals surface area contributed by atoms with Gasteiger partial charge in [0.25, 0.3) is 0 Å². The van der Waals surface area contributed by atoms with Crippen molar-refractivity contribution in [3.8, 4) is 11.5 Å². The van der Waals surface area contributed by atoms with Crippen molar-refractivity contribution < 1.29 is 18.9 Å². The number of hydrogen-bond acceptors (Lipinski definition) is 4. The molecule has 0 N–H and O–H groups in total. The van der Waals surface area contributed by atoms with Crippen molar-refractivity contribution in [1.82, 2.24) is 0 Å². The molecule has 2 heterocycles. The van der Waals surface area contributed by atoms with E-state index in [2.05, 4.69) is 0 Å². The quantitative estimate of drug-likeness (QED) is 0.769. The topological polar surface area (TPSA) is 43.5 Å². The van der Waals surface area contributed by atoms with E-state index in [1.54, 1.807) is 0 Å². The van der Waals surface area contributed by atoms with Gasteiger partial charge in [0.05, 0.1) is 18.2 Å². The molecule has 0 amide bonds. The van der Waals surface area contributed by atoms with Gasteiger partial charge in [-0.05, 0) is 11.5 Å². The summed E-state index contributed by atoms with van der Waals surface area (Å²) in [5.74, 6) is 1.28. The summed E-state index contributed by atoms with van der Waals surface area (Å²) in [6.07, 6.45) is 0.356. The van der Waals surface area contributed by atoms with Gasteiger partial charge in [0, 0.05) is 5.39 Å². The molecule has 0 aromatic heterocycles. The summed E-state index contributed by atoms with van der Waals surface area (Å²) in [6.45, 7) is 2.51. The summed E-state index contributed by atoms with van der Waals surface area (Å²) < 4.78 is 22.1. The first-order chi connectivity index (χ1) is 10.3. The van der Waals surface area contributed by atoms with E-state index in [1.807, 2.05) is 30.3 Å². The van der Waals surface area contributed by atoms with E-state index in [0.29, 0.717) is 29.7 Å². The van der Waals surface area contributed by atoms with Gasteiger partial charge < -0.3 is 18.9 Å². The molecule has 2 aromatic rings. The second-order valence-corrected chi connectivity index (χ2v) is 5.68. The third kappa shape index (κ3) is 2.93. The maximum Gasteiger partial charge on any atom is 0.180 e. The normalized spacial score (nSPS) is 23.1. The Morgan fingerprint density at radius 3 is 2.29 bits per heavy atom. The summed E-state index contributed by atoms with van der Waals surface area (Å²) >= 11 is 6.37. The molecule has 2 atom stereocenters. The molecule has 21 heavy (non-hydrogen) atoms. The highest BCUT2D eigenvalue weighted by Crippen LogP contribution is 2.42. The minimum absolute atomic E-state index is 0.173. The van der Waals surface area contributed by atoms with Crippen LogP contribution in [0.3, 0.4) is 0 Å². The molecule has 0 bridgehead atoms. The van der Waals surface area contributed by atoms with Crippen LogP contribution in [0.5, 0.6) is 11.5 Å². The van der Waals surface area contributed by atoms with E-state index in [4.69, 9.17) is 30.5 Å². The highest BCUT2D eigenvalue weighted by Gasteiger charge is 2.27. The van der Waals surface area contributed by atoms with Crippen molar-refractivity contribution in [3.63, 3.8) is 0 Å². The Labute approximate surface area is 127 Å². The van der Waals surface area contributed by atoms with Crippen LogP contribution in [-0.4, -0.2) is 38.6 Å². The molecule has 0 aliphatic carbocycles. The van der Waals surface area contributed by atoms with E-state index in [1.165, 1.54) is 0 Å². The first-order valence-corrected chi connectivity index (χ1v) is 7.39. The summed E-state index contributed by atoms with van der Waals surface area (Å²) in [5.41, 5.74) is 0. The van der Waals surface area contributed by atoms with Gasteiger partial charge in [-0.2, -0.15) is 0 Å². The lowest BCUT2D eigenvalue weighted by atomic mass is 10.1. The fourth-order valence-electron chi connectivity index (χ4n) is 2.22. The molecule has 0 radical (unpaired) electrons. The van der Waals surface area contributed by atoms with Crippen LogP contribution in [0.2, 0.25) is 5.02 Å². The molecule has 4 rings (SSSR count). The SMILES string of the molecule is Clc1cc2ccccc2c(OCC2CO2)c1OCC1CO1. The second kappa shape index (κ2) is 5.37. The molecule has 0 saturated carbocycles. The molecule has 2 aliphatic rings. The zero-order chi connectivity index (χ0) is 14.2. The molecular weight excluding hydrogens is 292 g/mol. The van der Waals surface area contributed by atoms with Crippen LogP contribution in [0.15, 0.2) is 30.3 Å². The molecule has 2 aliphatic heterocycles. The van der Waals surface area contributed by atoms with Gasteiger partial charge in [0.2, 0.25) is 0 Å². The smallest absolute Gasteiger partial charge is 0.180 e. The first kappa shape index (κ1) is 13.2. The summed E-state index contributed by atoms with van der Waals surface area (Å²) in [5, 5.41) is 2.58. The average Bonchev–Trinajstić information content (AvgIpc) is 3.37. The second-order valence-electron chi connectivity index (χ2n) is 5.27. The predicted octanol–water partition coefficient (Wildman–Crippen LogP) is 3.05. The van der Waals surface area contributed by atoms with Gasteiger partial charge in [0.15, 0.2) is 11.5 Å². The first-order valence-electron chi connectivity index (χ1n) is 7.01. The number of ether oxygens (including phenoxy) is 4. The minimum Gasteiger partial charge on any atom is -0.486 e. The number of halogens is 1. The monoisotopic (exact) mass is 306 g/mol. The summed E-state index contributed by atoms with van der Waals surface area (Å²) in [4.78, 5) is 0. The van der Waals surface area contributed by atoms with E-state index in [-0.39, 0.29) is 12.2 Å². The van der Waals surface area contributed by atoms with Crippen LogP contribution in [0.25, 0.3) is 10.8 Å². The van der Waals surface area contributed by atoms with E-state index in [9.17, 15) is 0 Å². The lowest BCUT2D eigenvalue weighted by Crippen LogP contribution is -2.09. The van der Waals surface area contributed by atoms with Crippen LogP contribution in [-0.2, 0) is 9.47 Å². The number of hydrogen-bond donors (Lipinski definition) is 0. The van der Waals surface area contributed by atoms with Crippen molar-refractivity contribution in [2.24, 2.45) is 0 Å². The van der Waals surface area contributed by atoms with Crippen molar-refractivity contribution in [1.29, 1.82) is 0 Å². The Balaban J connectivity index is 1.71. The number of benzene rings is 2. The molecule has 110 valence electrons. The Hall–Kier alpha value is -1.49. The lowest BCUT2D eigenvalue weighted by molar-refractivity contribution is 0.230. The lowest BCUT2D eigenvalue weighted by Gasteiger charge is -2.16. The maximum absolute atomic E-state index is 6.37. The Kier molecular flexibility index (Phi) is 3.37. The van der Waals surface area contributed by atoms with Crippen LogP contribution in [0, 0.1) is 0 Å². The van der Waals surface area contributed by atoms with Crippen molar-refractivity contribution >= 4 is 22.4 Å². The number of epoxide rings is 2. The van der Waals surface area contributed by atoms with E-state index >= 15 is 0 Å². The number of rotatable bonds is 6. The number of fused-ring (bicyclic) bond motifs is 1. The molecule has 2 fully saturated rings. The molecule has 2 saturated heterocycles. The highest BCUT2D eigenvalue weighted by atomic mass is 35.5. The largest absolute Gasteiger partial charge is 0.486 e. The predicted molar refractivity (Wildman–Crippen MR) is 79.4 cm³/mol. The van der Waals surface area contributed by atoms with Crippen LogP contribution in [0.1, 0.15) is 0 Å². The van der Waals surface area contributed by atoms with Gasteiger partial charge in [-0.15, -0.1) is 0 Å². The minimum atomic E-state index is 0.173. The molecule has 5 heteroatoms. The van der Waals surface area contributed by atoms with Crippen molar-refractivity contribution in [3.05, 3.63) is 35.4 Å². The molecule has 2 unspecified atom stereocenters. The van der Waals surface area contributed by atoms with Gasteiger partial charge in [-0.1, -0.05) is 35.9 Å². The molecule has 2 aromatic carbocycles. The molecular formula is C16H15ClO4. The van der Waals surface area contributed by atoms with Gasteiger partial charge in [0.1, 0.15) is 25.4 Å². The standard InChI is InChI=1S/C16H15ClO4/c17-14-5-10-3-1-2-4-13(10)15(20-8-11-6-18-11)16(14)21-9-12-7-19-12/h1-5,11-12H,6-9H2. The Morgan fingerprint density at radius 1 is 1.00 bits per heavy atom. The fraction of sp³-hybridized carbons (Fsp3) is 0.375. The van der Waals surface area contributed by atoms with Crippen molar-refractivity contribution in [2.45, 2.75) is 12.2 Å².